The van der Waals surface area contributed by atoms with Crippen LogP contribution in [0.1, 0.15) is 290 Å². The Morgan fingerprint density at radius 1 is 0.438 bits per heavy atom. The second-order valence-electron chi connectivity index (χ2n) is 21.0. The van der Waals surface area contributed by atoms with Gasteiger partial charge in [-0.3, -0.25) is 14.4 Å². The van der Waals surface area contributed by atoms with Crippen LogP contribution in [0.4, 0.5) is 0 Å². The van der Waals surface area contributed by atoms with Crippen molar-refractivity contribution in [3.05, 3.63) is 24.3 Å². The molecule has 73 heavy (non-hydrogen) atoms. The number of aliphatic hydroxyl groups is 2. The molecular weight excluding hydrogens is 925 g/mol. The third-order valence-electron chi connectivity index (χ3n) is 14.0. The van der Waals surface area contributed by atoms with E-state index in [1.54, 1.807) is 0 Å². The molecule has 1 heterocycles. The first-order chi connectivity index (χ1) is 35.6. The largest absolute Gasteiger partial charge is 0.479 e. The van der Waals surface area contributed by atoms with Crippen molar-refractivity contribution >= 4 is 23.9 Å². The number of hydrogen-bond donors (Lipinski definition) is 3. The number of aliphatic hydroxyl groups excluding tert-OH is 2. The number of carbonyl (C=O) groups excluding carboxylic acids is 3. The highest BCUT2D eigenvalue weighted by molar-refractivity contribution is 5.74. The van der Waals surface area contributed by atoms with Gasteiger partial charge < -0.3 is 39.0 Å². The van der Waals surface area contributed by atoms with Crippen molar-refractivity contribution in [2.45, 2.75) is 327 Å². The summed E-state index contributed by atoms with van der Waals surface area (Å²) in [5, 5.41) is 31.5. The zero-order valence-corrected chi connectivity index (χ0v) is 46.9. The number of unbranched alkanes of at least 4 members (excludes halogenated alkanes) is 34. The van der Waals surface area contributed by atoms with Crippen molar-refractivity contribution in [2.24, 2.45) is 0 Å². The van der Waals surface area contributed by atoms with Crippen LogP contribution in [0.15, 0.2) is 24.3 Å². The number of carboxylic acid groups (broad SMARTS) is 1. The maximum Gasteiger partial charge on any atom is 0.335 e. The van der Waals surface area contributed by atoms with Crippen LogP contribution in [0, 0.1) is 0 Å². The summed E-state index contributed by atoms with van der Waals surface area (Å²) < 4.78 is 28.4. The van der Waals surface area contributed by atoms with E-state index in [1.165, 1.54) is 135 Å². The molecule has 0 amide bonds. The number of ether oxygens (including phenoxy) is 5. The first-order valence-electron chi connectivity index (χ1n) is 30.3. The van der Waals surface area contributed by atoms with Gasteiger partial charge >= 0.3 is 23.9 Å². The predicted molar refractivity (Wildman–Crippen MR) is 294 cm³/mol. The summed E-state index contributed by atoms with van der Waals surface area (Å²) in [6.07, 6.45) is 44.3. The fourth-order valence-electron chi connectivity index (χ4n) is 9.30. The smallest absolute Gasteiger partial charge is 0.335 e. The molecule has 1 aliphatic heterocycles. The maximum atomic E-state index is 13.1. The minimum atomic E-state index is -1.90. The topological polar surface area (TPSA) is 175 Å². The van der Waals surface area contributed by atoms with Gasteiger partial charge in [0.05, 0.1) is 6.61 Å². The Morgan fingerprint density at radius 2 is 0.781 bits per heavy atom. The molecule has 0 aliphatic carbocycles. The molecule has 0 saturated carbocycles. The van der Waals surface area contributed by atoms with Gasteiger partial charge in [-0.05, 0) is 70.6 Å². The van der Waals surface area contributed by atoms with Gasteiger partial charge in [-0.1, -0.05) is 225 Å². The van der Waals surface area contributed by atoms with Gasteiger partial charge in [0.25, 0.3) is 0 Å². The van der Waals surface area contributed by atoms with E-state index in [2.05, 4.69) is 45.1 Å². The van der Waals surface area contributed by atoms with Gasteiger partial charge in [-0.15, -0.1) is 0 Å². The lowest BCUT2D eigenvalue weighted by Crippen LogP contribution is -2.61. The molecule has 1 rings (SSSR count). The molecule has 0 radical (unpaired) electrons. The molecule has 1 aliphatic rings. The average Bonchev–Trinajstić information content (AvgIpc) is 3.37. The number of carbonyl (C=O) groups is 4. The average molecular weight is 1040 g/mol. The predicted octanol–water partition coefficient (Wildman–Crippen LogP) is 15.5. The number of esters is 3. The zero-order valence-electron chi connectivity index (χ0n) is 46.9. The Kier molecular flexibility index (Phi) is 46.8. The molecule has 12 nitrogen and oxygen atoms in total. The van der Waals surface area contributed by atoms with Crippen LogP contribution in [-0.2, 0) is 42.9 Å². The lowest BCUT2D eigenvalue weighted by molar-refractivity contribution is -0.301. The van der Waals surface area contributed by atoms with Crippen LogP contribution < -0.4 is 0 Å². The number of carboxylic acids is 1. The zero-order chi connectivity index (χ0) is 53.3. The van der Waals surface area contributed by atoms with Crippen molar-refractivity contribution in [3.63, 3.8) is 0 Å². The molecule has 0 bridgehead atoms. The monoisotopic (exact) mass is 1030 g/mol. The van der Waals surface area contributed by atoms with Crippen LogP contribution in [0.25, 0.3) is 0 Å². The molecule has 1 fully saturated rings. The van der Waals surface area contributed by atoms with E-state index in [0.717, 1.165) is 96.3 Å². The molecule has 6 unspecified atom stereocenters. The van der Waals surface area contributed by atoms with Crippen molar-refractivity contribution in [2.75, 3.05) is 13.2 Å². The SMILES string of the molecule is CCCCCC/C=C\CCCCCCCC(=O)OC(COC(=O)CCCCCCCCCCCCCCCCC)COC1OC(C(=O)O)C(O)C(O)C1OC(=O)CCCCCCC/C=C\CCCCCCCC. The summed E-state index contributed by atoms with van der Waals surface area (Å²) in [7, 11) is 0. The summed E-state index contributed by atoms with van der Waals surface area (Å²) >= 11 is 0. The van der Waals surface area contributed by atoms with Crippen LogP contribution in [0.5, 0.6) is 0 Å². The van der Waals surface area contributed by atoms with Crippen LogP contribution in [-0.4, -0.2) is 89.2 Å². The number of hydrogen-bond acceptors (Lipinski definition) is 11. The normalized spacial score (nSPS) is 18.4. The second-order valence-corrected chi connectivity index (χ2v) is 21.0. The molecule has 1 saturated heterocycles. The lowest BCUT2D eigenvalue weighted by Gasteiger charge is -2.40. The quantitative estimate of drug-likeness (QED) is 0.0228. The third kappa shape index (κ3) is 40.2. The van der Waals surface area contributed by atoms with Gasteiger partial charge in [0, 0.05) is 19.3 Å². The van der Waals surface area contributed by atoms with E-state index < -0.39 is 67.3 Å². The fourth-order valence-corrected chi connectivity index (χ4v) is 9.30. The second kappa shape index (κ2) is 50.0. The van der Waals surface area contributed by atoms with Crippen molar-refractivity contribution in [3.8, 4) is 0 Å². The molecule has 12 heteroatoms. The molecule has 0 aromatic carbocycles. The van der Waals surface area contributed by atoms with E-state index in [-0.39, 0.29) is 25.9 Å². The lowest BCUT2D eigenvalue weighted by atomic mass is 9.98. The molecule has 0 spiro atoms. The van der Waals surface area contributed by atoms with E-state index in [4.69, 9.17) is 23.7 Å². The number of allylic oxidation sites excluding steroid dienone is 4. The fraction of sp³-hybridized carbons (Fsp3) is 0.869. The summed E-state index contributed by atoms with van der Waals surface area (Å²) in [6, 6.07) is 0. The van der Waals surface area contributed by atoms with Gasteiger partial charge in [0.2, 0.25) is 0 Å². The van der Waals surface area contributed by atoms with Crippen LogP contribution in [0.2, 0.25) is 0 Å². The highest BCUT2D eigenvalue weighted by Gasteiger charge is 2.50. The maximum absolute atomic E-state index is 13.1. The first-order valence-corrected chi connectivity index (χ1v) is 30.3. The van der Waals surface area contributed by atoms with E-state index in [1.807, 2.05) is 0 Å². The Morgan fingerprint density at radius 3 is 1.18 bits per heavy atom. The molecule has 0 aromatic heterocycles. The highest BCUT2D eigenvalue weighted by atomic mass is 16.7. The Labute approximate surface area is 445 Å². The van der Waals surface area contributed by atoms with Gasteiger partial charge in [0.1, 0.15) is 18.8 Å². The molecule has 6 atom stereocenters. The minimum absolute atomic E-state index is 0.0539. The molecule has 426 valence electrons. The summed E-state index contributed by atoms with van der Waals surface area (Å²) in [5.74, 6) is -3.11. The minimum Gasteiger partial charge on any atom is -0.479 e. The Bertz CT molecular complexity index is 1370. The summed E-state index contributed by atoms with van der Waals surface area (Å²) in [5.41, 5.74) is 0. The molecule has 0 aromatic rings. The summed E-state index contributed by atoms with van der Waals surface area (Å²) in [6.45, 7) is 5.99. The van der Waals surface area contributed by atoms with E-state index in [9.17, 15) is 34.5 Å². The van der Waals surface area contributed by atoms with Gasteiger partial charge in [0.15, 0.2) is 24.6 Å². The van der Waals surface area contributed by atoms with Crippen LogP contribution in [0.3, 0.4) is 0 Å². The van der Waals surface area contributed by atoms with Crippen molar-refractivity contribution in [1.82, 2.24) is 0 Å². The van der Waals surface area contributed by atoms with E-state index in [0.29, 0.717) is 19.3 Å². The van der Waals surface area contributed by atoms with Crippen LogP contribution >= 0.6 is 0 Å². The number of rotatable bonds is 52. The molecular formula is C61H110O12. The number of aliphatic carboxylic acids is 1. The molecule has 3 N–H and O–H groups in total. The summed E-state index contributed by atoms with van der Waals surface area (Å²) in [4.78, 5) is 51.1. The third-order valence-corrected chi connectivity index (χ3v) is 14.0. The van der Waals surface area contributed by atoms with Crippen molar-refractivity contribution in [1.29, 1.82) is 0 Å². The van der Waals surface area contributed by atoms with E-state index >= 15 is 0 Å². The van der Waals surface area contributed by atoms with Gasteiger partial charge in [-0.25, -0.2) is 4.79 Å². The standard InChI is InChI=1S/C61H110O12/c1-4-7-10-13-16-19-22-25-27-30-32-35-38-41-44-47-53(62)69-50-52(71-54(63)48-45-42-39-36-33-29-24-21-18-15-12-9-6-3)51-70-61-59(57(66)56(65)58(73-61)60(67)68)72-55(64)49-46-43-40-37-34-31-28-26-23-20-17-14-11-8-5-2/h21,24,26,28,52,56-59,61,65-66H,4-20,22-23,25,27,29-51H2,1-3H3,(H,67,68)/b24-21-,28-26-. The van der Waals surface area contributed by atoms with Gasteiger partial charge in [-0.2, -0.15) is 0 Å². The Hall–Kier alpha value is -2.80. The Balaban J connectivity index is 2.68. The highest BCUT2D eigenvalue weighted by Crippen LogP contribution is 2.27. The first kappa shape index (κ1) is 68.2. The van der Waals surface area contributed by atoms with Crippen molar-refractivity contribution < 1.29 is 58.2 Å².